The first kappa shape index (κ1) is 16.6. The Kier molecular flexibility index (Phi) is 4.34. The number of amides is 1. The number of piperazine rings is 1. The van der Waals surface area contributed by atoms with Crippen LogP contribution < -0.4 is 15.5 Å². The number of carbonyl (C=O) groups is 1. The van der Waals surface area contributed by atoms with Crippen molar-refractivity contribution in [3.63, 3.8) is 0 Å². The standard InChI is InChI=1S/C20H21FN4O/c1-24-8-10-25(11-9-24)16-5-3-15(4-6-16)22-13-18-17-12-14(21)2-7-19(17)23-20(18)26/h2-7,12-13,22H,8-11H2,1H3,(H,23,26)/b18-13+. The molecule has 0 saturated carbocycles. The number of carbonyl (C=O) groups excluding carboxylic acids is 1. The van der Waals surface area contributed by atoms with Crippen LogP contribution in [0.3, 0.4) is 0 Å². The van der Waals surface area contributed by atoms with E-state index >= 15 is 0 Å². The summed E-state index contributed by atoms with van der Waals surface area (Å²) in [4.78, 5) is 16.8. The Labute approximate surface area is 152 Å². The minimum absolute atomic E-state index is 0.229. The molecule has 2 heterocycles. The molecule has 5 nitrogen and oxygen atoms in total. The van der Waals surface area contributed by atoms with Crippen molar-refractivity contribution in [2.45, 2.75) is 0 Å². The Morgan fingerprint density at radius 3 is 2.54 bits per heavy atom. The Balaban J connectivity index is 1.48. The fourth-order valence-electron chi connectivity index (χ4n) is 3.29. The van der Waals surface area contributed by atoms with E-state index in [1.807, 2.05) is 12.1 Å². The highest BCUT2D eigenvalue weighted by Crippen LogP contribution is 2.32. The fourth-order valence-corrected chi connectivity index (χ4v) is 3.29. The summed E-state index contributed by atoms with van der Waals surface area (Å²) < 4.78 is 13.5. The Morgan fingerprint density at radius 1 is 1.08 bits per heavy atom. The molecule has 0 spiro atoms. The summed E-state index contributed by atoms with van der Waals surface area (Å²) in [6.07, 6.45) is 1.63. The van der Waals surface area contributed by atoms with Crippen molar-refractivity contribution in [3.8, 4) is 0 Å². The number of anilines is 3. The van der Waals surface area contributed by atoms with E-state index in [0.717, 1.165) is 31.9 Å². The van der Waals surface area contributed by atoms with Gasteiger partial charge in [0, 0.05) is 55.0 Å². The molecule has 134 valence electrons. The average Bonchev–Trinajstić information content (AvgIpc) is 2.96. The van der Waals surface area contributed by atoms with Crippen molar-refractivity contribution in [3.05, 3.63) is 60.0 Å². The van der Waals surface area contributed by atoms with Crippen LogP contribution in [-0.2, 0) is 4.79 Å². The molecule has 0 atom stereocenters. The van der Waals surface area contributed by atoms with Crippen LogP contribution in [0.4, 0.5) is 21.5 Å². The molecule has 2 N–H and O–H groups in total. The lowest BCUT2D eigenvalue weighted by Crippen LogP contribution is -2.44. The topological polar surface area (TPSA) is 47.6 Å². The van der Waals surface area contributed by atoms with Gasteiger partial charge in [0.05, 0.1) is 5.57 Å². The predicted octanol–water partition coefficient (Wildman–Crippen LogP) is 2.98. The second kappa shape index (κ2) is 6.80. The number of fused-ring (bicyclic) bond motifs is 1. The van der Waals surface area contributed by atoms with Gasteiger partial charge in [-0.05, 0) is 49.5 Å². The van der Waals surface area contributed by atoms with Gasteiger partial charge in [0.2, 0.25) is 0 Å². The van der Waals surface area contributed by atoms with Crippen molar-refractivity contribution < 1.29 is 9.18 Å². The Morgan fingerprint density at radius 2 is 1.81 bits per heavy atom. The maximum Gasteiger partial charge on any atom is 0.257 e. The third-order valence-electron chi connectivity index (χ3n) is 4.88. The third-order valence-corrected chi connectivity index (χ3v) is 4.88. The summed E-state index contributed by atoms with van der Waals surface area (Å²) in [5.41, 5.74) is 3.73. The number of benzene rings is 2. The van der Waals surface area contributed by atoms with Crippen molar-refractivity contribution >= 4 is 28.5 Å². The first-order chi connectivity index (χ1) is 12.6. The number of nitrogens with one attached hydrogen (secondary N) is 2. The summed E-state index contributed by atoms with van der Waals surface area (Å²) in [5, 5.41) is 5.88. The van der Waals surface area contributed by atoms with Crippen LogP contribution in [0.5, 0.6) is 0 Å². The number of nitrogens with zero attached hydrogens (tertiary/aromatic N) is 2. The van der Waals surface area contributed by atoms with E-state index < -0.39 is 0 Å². The van der Waals surface area contributed by atoms with Gasteiger partial charge in [-0.3, -0.25) is 4.79 Å². The molecule has 6 heteroatoms. The first-order valence-electron chi connectivity index (χ1n) is 8.72. The van der Waals surface area contributed by atoms with Gasteiger partial charge < -0.3 is 20.4 Å². The number of hydrogen-bond donors (Lipinski definition) is 2. The highest BCUT2D eigenvalue weighted by Gasteiger charge is 2.24. The van der Waals surface area contributed by atoms with Gasteiger partial charge in [0.1, 0.15) is 5.82 Å². The normalized spacial score (nSPS) is 18.8. The van der Waals surface area contributed by atoms with Crippen molar-refractivity contribution in [1.82, 2.24) is 4.90 Å². The Hall–Kier alpha value is -2.86. The van der Waals surface area contributed by atoms with Crippen molar-refractivity contribution in [1.29, 1.82) is 0 Å². The fraction of sp³-hybridized carbons (Fsp3) is 0.250. The molecule has 4 rings (SSSR count). The van der Waals surface area contributed by atoms with Gasteiger partial charge in [-0.25, -0.2) is 4.39 Å². The van der Waals surface area contributed by atoms with E-state index in [1.54, 1.807) is 12.3 Å². The van der Waals surface area contributed by atoms with Crippen LogP contribution in [0.25, 0.3) is 5.57 Å². The molecular formula is C20H21FN4O. The molecule has 2 aromatic rings. The Bertz CT molecular complexity index is 855. The van der Waals surface area contributed by atoms with Gasteiger partial charge >= 0.3 is 0 Å². The monoisotopic (exact) mass is 352 g/mol. The second-order valence-electron chi connectivity index (χ2n) is 6.68. The predicted molar refractivity (Wildman–Crippen MR) is 103 cm³/mol. The molecule has 0 radical (unpaired) electrons. The summed E-state index contributed by atoms with van der Waals surface area (Å²) in [7, 11) is 2.14. The van der Waals surface area contributed by atoms with Crippen molar-refractivity contribution in [2.24, 2.45) is 0 Å². The minimum atomic E-state index is -0.359. The summed E-state index contributed by atoms with van der Waals surface area (Å²) >= 11 is 0. The number of halogens is 1. The third kappa shape index (κ3) is 3.28. The van der Waals surface area contributed by atoms with Crippen LogP contribution in [0.2, 0.25) is 0 Å². The minimum Gasteiger partial charge on any atom is -0.369 e. The van der Waals surface area contributed by atoms with Crippen molar-refractivity contribution in [2.75, 3.05) is 48.8 Å². The smallest absolute Gasteiger partial charge is 0.257 e. The molecule has 26 heavy (non-hydrogen) atoms. The summed E-state index contributed by atoms with van der Waals surface area (Å²) in [6, 6.07) is 12.4. The first-order valence-corrected chi connectivity index (χ1v) is 8.72. The maximum atomic E-state index is 13.5. The lowest BCUT2D eigenvalue weighted by molar-refractivity contribution is -0.110. The molecule has 1 saturated heterocycles. The van der Waals surface area contributed by atoms with Gasteiger partial charge in [-0.15, -0.1) is 0 Å². The van der Waals surface area contributed by atoms with E-state index in [0.29, 0.717) is 16.8 Å². The zero-order valence-electron chi connectivity index (χ0n) is 14.6. The summed E-state index contributed by atoms with van der Waals surface area (Å²) in [5.74, 6) is -0.588. The van der Waals surface area contributed by atoms with E-state index in [9.17, 15) is 9.18 Å². The molecule has 2 aromatic carbocycles. The van der Waals surface area contributed by atoms with Crippen LogP contribution in [-0.4, -0.2) is 44.0 Å². The van der Waals surface area contributed by atoms with Crippen LogP contribution in [0, 0.1) is 5.82 Å². The van der Waals surface area contributed by atoms with Crippen LogP contribution in [0.1, 0.15) is 5.56 Å². The largest absolute Gasteiger partial charge is 0.369 e. The van der Waals surface area contributed by atoms with E-state index in [4.69, 9.17) is 0 Å². The van der Waals surface area contributed by atoms with Gasteiger partial charge in [0.25, 0.3) is 5.91 Å². The van der Waals surface area contributed by atoms with Gasteiger partial charge in [0.15, 0.2) is 0 Å². The number of rotatable bonds is 3. The van der Waals surface area contributed by atoms with E-state index in [2.05, 4.69) is 39.6 Å². The van der Waals surface area contributed by atoms with Gasteiger partial charge in [-0.2, -0.15) is 0 Å². The van der Waals surface area contributed by atoms with E-state index in [-0.39, 0.29) is 11.7 Å². The molecule has 0 bridgehead atoms. The molecule has 1 amide bonds. The molecule has 0 aliphatic carbocycles. The number of likely N-dealkylation sites (N-methyl/N-ethyl adjacent to an activating group) is 1. The number of hydrogen-bond acceptors (Lipinski definition) is 4. The maximum absolute atomic E-state index is 13.5. The van der Waals surface area contributed by atoms with Crippen LogP contribution in [0.15, 0.2) is 48.7 Å². The second-order valence-corrected chi connectivity index (χ2v) is 6.68. The molecular weight excluding hydrogens is 331 g/mol. The zero-order chi connectivity index (χ0) is 18.1. The molecule has 2 aliphatic heterocycles. The molecule has 0 aromatic heterocycles. The lowest BCUT2D eigenvalue weighted by Gasteiger charge is -2.34. The van der Waals surface area contributed by atoms with Crippen LogP contribution >= 0.6 is 0 Å². The summed E-state index contributed by atoms with van der Waals surface area (Å²) in [6.45, 7) is 4.18. The average molecular weight is 352 g/mol. The SMILES string of the molecule is CN1CCN(c2ccc(N/C=C3/C(=O)Nc4ccc(F)cc43)cc2)CC1. The highest BCUT2D eigenvalue weighted by molar-refractivity contribution is 6.31. The molecule has 2 aliphatic rings. The molecule has 0 unspecified atom stereocenters. The zero-order valence-corrected chi connectivity index (χ0v) is 14.6. The quantitative estimate of drug-likeness (QED) is 0.834. The van der Waals surface area contributed by atoms with E-state index in [1.165, 1.54) is 17.8 Å². The highest BCUT2D eigenvalue weighted by atomic mass is 19.1. The lowest BCUT2D eigenvalue weighted by atomic mass is 10.1. The van der Waals surface area contributed by atoms with Gasteiger partial charge in [-0.1, -0.05) is 0 Å². The molecule has 1 fully saturated rings.